The number of amides is 1. The highest BCUT2D eigenvalue weighted by molar-refractivity contribution is 6.07. The molecule has 2 rings (SSSR count). The highest BCUT2D eigenvalue weighted by Crippen LogP contribution is 2.17. The van der Waals surface area contributed by atoms with Crippen LogP contribution in [0, 0.1) is 5.82 Å². The lowest BCUT2D eigenvalue weighted by atomic mass is 10.1. The maximum atomic E-state index is 13.2. The summed E-state index contributed by atoms with van der Waals surface area (Å²) in [7, 11) is 0. The number of anilines is 2. The van der Waals surface area contributed by atoms with Gasteiger partial charge in [-0.05, 0) is 12.1 Å². The van der Waals surface area contributed by atoms with Crippen LogP contribution in [0.1, 0.15) is 10.4 Å². The lowest BCUT2D eigenvalue weighted by Gasteiger charge is -2.06. The van der Waals surface area contributed by atoms with E-state index in [9.17, 15) is 14.0 Å². The fraction of sp³-hybridized carbons (Fsp3) is 0.0833. The Balaban J connectivity index is 2.13. The van der Waals surface area contributed by atoms with Gasteiger partial charge in [0.25, 0.3) is 5.91 Å². The Hall–Kier alpha value is -2.90. The summed E-state index contributed by atoms with van der Waals surface area (Å²) in [4.78, 5) is 22.4. The van der Waals surface area contributed by atoms with E-state index in [0.717, 1.165) is 10.7 Å². The number of rotatable bonds is 4. The highest BCUT2D eigenvalue weighted by atomic mass is 19.1. The molecule has 0 aliphatic carbocycles. The summed E-state index contributed by atoms with van der Waals surface area (Å²) in [6.07, 6.45) is 2.64. The van der Waals surface area contributed by atoms with Gasteiger partial charge in [-0.2, -0.15) is 5.10 Å². The third kappa shape index (κ3) is 2.91. The molecule has 0 unspecified atom stereocenters. The number of carbonyl (C=O) groups is 2. The molecule has 20 heavy (non-hydrogen) atoms. The number of nitrogens with zero attached hydrogens (tertiary/aromatic N) is 2. The van der Waals surface area contributed by atoms with E-state index < -0.39 is 17.7 Å². The zero-order valence-corrected chi connectivity index (χ0v) is 10.2. The van der Waals surface area contributed by atoms with Crippen LogP contribution in [0.25, 0.3) is 0 Å². The number of nitrogens with two attached hydrogens (primary N) is 1. The van der Waals surface area contributed by atoms with Gasteiger partial charge in [0.2, 0.25) is 0 Å². The number of nitrogen functional groups attached to an aromatic ring is 1. The molecule has 0 saturated carbocycles. The van der Waals surface area contributed by atoms with Crippen molar-refractivity contribution < 1.29 is 19.1 Å². The number of hydrogen-bond acceptors (Lipinski definition) is 4. The van der Waals surface area contributed by atoms with Crippen LogP contribution in [-0.4, -0.2) is 26.8 Å². The molecule has 104 valence electrons. The van der Waals surface area contributed by atoms with Crippen molar-refractivity contribution in [2.45, 2.75) is 6.54 Å². The van der Waals surface area contributed by atoms with Gasteiger partial charge in [-0.3, -0.25) is 14.3 Å². The van der Waals surface area contributed by atoms with Crippen molar-refractivity contribution in [2.24, 2.45) is 0 Å². The van der Waals surface area contributed by atoms with Gasteiger partial charge >= 0.3 is 5.97 Å². The predicted molar refractivity (Wildman–Crippen MR) is 68.6 cm³/mol. The maximum absolute atomic E-state index is 13.2. The molecule has 0 aliphatic rings. The van der Waals surface area contributed by atoms with Crippen molar-refractivity contribution in [1.29, 1.82) is 0 Å². The van der Waals surface area contributed by atoms with Gasteiger partial charge in [-0.15, -0.1) is 0 Å². The van der Waals surface area contributed by atoms with E-state index in [1.54, 1.807) is 0 Å². The van der Waals surface area contributed by atoms with Crippen LogP contribution in [0.3, 0.4) is 0 Å². The Labute approximate surface area is 112 Å². The molecular formula is C12H11FN4O3. The summed E-state index contributed by atoms with van der Waals surface area (Å²) >= 11 is 0. The molecular weight excluding hydrogens is 267 g/mol. The molecule has 0 fully saturated rings. The first-order valence-electron chi connectivity index (χ1n) is 5.57. The monoisotopic (exact) mass is 278 g/mol. The molecule has 0 atom stereocenters. The SMILES string of the molecule is Nc1c(F)cccc1C(=O)Nc1cnn(CC(=O)O)c1. The van der Waals surface area contributed by atoms with E-state index in [0.29, 0.717) is 5.69 Å². The van der Waals surface area contributed by atoms with Gasteiger partial charge < -0.3 is 16.2 Å². The topological polar surface area (TPSA) is 110 Å². The molecule has 2 aromatic rings. The summed E-state index contributed by atoms with van der Waals surface area (Å²) in [5.41, 5.74) is 5.51. The number of carbonyl (C=O) groups excluding carboxylic acids is 1. The van der Waals surface area contributed by atoms with Crippen LogP contribution in [-0.2, 0) is 11.3 Å². The third-order valence-electron chi connectivity index (χ3n) is 2.49. The number of hydrogen-bond donors (Lipinski definition) is 3. The van der Waals surface area contributed by atoms with E-state index in [-0.39, 0.29) is 17.8 Å². The number of carboxylic acids is 1. The first-order chi connectivity index (χ1) is 9.47. The van der Waals surface area contributed by atoms with Crippen LogP contribution < -0.4 is 11.1 Å². The number of aromatic nitrogens is 2. The third-order valence-corrected chi connectivity index (χ3v) is 2.49. The van der Waals surface area contributed by atoms with Crippen molar-refractivity contribution in [3.05, 3.63) is 42.0 Å². The van der Waals surface area contributed by atoms with Gasteiger partial charge in [0.1, 0.15) is 12.4 Å². The van der Waals surface area contributed by atoms with E-state index in [1.807, 2.05) is 0 Å². The minimum absolute atomic E-state index is 0.00372. The molecule has 0 spiro atoms. The molecule has 0 radical (unpaired) electrons. The average Bonchev–Trinajstić information content (AvgIpc) is 2.79. The average molecular weight is 278 g/mol. The molecule has 7 nitrogen and oxygen atoms in total. The lowest BCUT2D eigenvalue weighted by Crippen LogP contribution is -2.14. The van der Waals surface area contributed by atoms with Crippen LogP contribution in [0.4, 0.5) is 15.8 Å². The Morgan fingerprint density at radius 3 is 2.90 bits per heavy atom. The number of para-hydroxylation sites is 1. The van der Waals surface area contributed by atoms with Crippen molar-refractivity contribution in [2.75, 3.05) is 11.1 Å². The van der Waals surface area contributed by atoms with Gasteiger partial charge in [0, 0.05) is 6.20 Å². The van der Waals surface area contributed by atoms with E-state index in [1.165, 1.54) is 24.5 Å². The van der Waals surface area contributed by atoms with Crippen molar-refractivity contribution in [3.63, 3.8) is 0 Å². The zero-order chi connectivity index (χ0) is 14.7. The largest absolute Gasteiger partial charge is 0.480 e. The van der Waals surface area contributed by atoms with Crippen LogP contribution in [0.5, 0.6) is 0 Å². The number of nitrogens with one attached hydrogen (secondary N) is 1. The summed E-state index contributed by atoms with van der Waals surface area (Å²) in [6.45, 7) is -0.321. The summed E-state index contributed by atoms with van der Waals surface area (Å²) in [5.74, 6) is -2.34. The predicted octanol–water partition coefficient (Wildman–Crippen LogP) is 0.941. The molecule has 0 aliphatic heterocycles. The molecule has 4 N–H and O–H groups in total. The first-order valence-corrected chi connectivity index (χ1v) is 5.57. The Kier molecular flexibility index (Phi) is 3.65. The normalized spacial score (nSPS) is 10.2. The Morgan fingerprint density at radius 1 is 1.45 bits per heavy atom. The molecule has 8 heteroatoms. The van der Waals surface area contributed by atoms with Gasteiger partial charge in [-0.1, -0.05) is 6.07 Å². The highest BCUT2D eigenvalue weighted by Gasteiger charge is 2.13. The number of benzene rings is 1. The van der Waals surface area contributed by atoms with Crippen LogP contribution in [0.2, 0.25) is 0 Å². The second-order valence-electron chi connectivity index (χ2n) is 3.98. The molecule has 1 amide bonds. The fourth-order valence-corrected chi connectivity index (χ4v) is 1.59. The van der Waals surface area contributed by atoms with Crippen molar-refractivity contribution >= 4 is 23.3 Å². The zero-order valence-electron chi connectivity index (χ0n) is 10.2. The minimum Gasteiger partial charge on any atom is -0.480 e. The van der Waals surface area contributed by atoms with Crippen LogP contribution >= 0.6 is 0 Å². The minimum atomic E-state index is -1.06. The summed E-state index contributed by atoms with van der Waals surface area (Å²) in [6, 6.07) is 3.90. The second kappa shape index (κ2) is 5.39. The van der Waals surface area contributed by atoms with E-state index >= 15 is 0 Å². The lowest BCUT2D eigenvalue weighted by molar-refractivity contribution is -0.137. The Morgan fingerprint density at radius 2 is 2.20 bits per heavy atom. The molecule has 0 saturated heterocycles. The first kappa shape index (κ1) is 13.5. The summed E-state index contributed by atoms with van der Waals surface area (Å²) in [5, 5.41) is 14.8. The van der Waals surface area contributed by atoms with E-state index in [4.69, 9.17) is 10.8 Å². The number of carboxylic acid groups (broad SMARTS) is 1. The van der Waals surface area contributed by atoms with Gasteiger partial charge in [0.05, 0.1) is 23.1 Å². The maximum Gasteiger partial charge on any atom is 0.325 e. The molecule has 1 heterocycles. The standard InChI is InChI=1S/C12H11FN4O3/c13-9-3-1-2-8(11(9)14)12(20)16-7-4-15-17(5-7)6-10(18)19/h1-5H,6,14H2,(H,16,20)(H,18,19). The smallest absolute Gasteiger partial charge is 0.325 e. The number of halogens is 1. The summed E-state index contributed by atoms with van der Waals surface area (Å²) < 4.78 is 14.4. The van der Waals surface area contributed by atoms with Gasteiger partial charge in [0.15, 0.2) is 0 Å². The number of aliphatic carboxylic acids is 1. The van der Waals surface area contributed by atoms with Crippen molar-refractivity contribution in [3.8, 4) is 0 Å². The molecule has 0 bridgehead atoms. The fourth-order valence-electron chi connectivity index (χ4n) is 1.59. The van der Waals surface area contributed by atoms with Crippen LogP contribution in [0.15, 0.2) is 30.6 Å². The quantitative estimate of drug-likeness (QED) is 0.721. The molecule has 1 aromatic heterocycles. The Bertz CT molecular complexity index is 668. The van der Waals surface area contributed by atoms with E-state index in [2.05, 4.69) is 10.4 Å². The van der Waals surface area contributed by atoms with Crippen molar-refractivity contribution in [1.82, 2.24) is 9.78 Å². The second-order valence-corrected chi connectivity index (χ2v) is 3.98. The van der Waals surface area contributed by atoms with Gasteiger partial charge in [-0.25, -0.2) is 4.39 Å². The molecule has 1 aromatic carbocycles.